The lowest BCUT2D eigenvalue weighted by atomic mass is 9.89. The monoisotopic (exact) mass is 250 g/mol. The molecule has 5 heteroatoms. The van der Waals surface area contributed by atoms with E-state index in [-0.39, 0.29) is 6.10 Å². The molecular formula is C13H18N2O3. The summed E-state index contributed by atoms with van der Waals surface area (Å²) in [4.78, 5) is 19.4. The summed E-state index contributed by atoms with van der Waals surface area (Å²) in [7, 11) is 1.34. The number of hydrogen-bond acceptors (Lipinski definition) is 5. The number of hydrogen-bond donors (Lipinski definition) is 0. The van der Waals surface area contributed by atoms with Crippen LogP contribution in [0.1, 0.15) is 43.0 Å². The molecule has 1 aliphatic rings. The quantitative estimate of drug-likeness (QED) is 0.770. The fourth-order valence-corrected chi connectivity index (χ4v) is 2.31. The third-order valence-corrected chi connectivity index (χ3v) is 3.25. The van der Waals surface area contributed by atoms with Crippen molar-refractivity contribution < 1.29 is 14.3 Å². The topological polar surface area (TPSA) is 61.3 Å². The average Bonchev–Trinajstić information content (AvgIpc) is 2.38. The van der Waals surface area contributed by atoms with Crippen molar-refractivity contribution >= 4 is 5.97 Å². The van der Waals surface area contributed by atoms with Crippen LogP contribution in [0, 0.1) is 5.92 Å². The molecule has 1 aliphatic carbocycles. The molecule has 1 aromatic rings. The third kappa shape index (κ3) is 2.97. The summed E-state index contributed by atoms with van der Waals surface area (Å²) >= 11 is 0. The number of nitrogens with zero attached hydrogens (tertiary/aromatic N) is 2. The molecule has 0 N–H and O–H groups in total. The van der Waals surface area contributed by atoms with Gasteiger partial charge in [0.25, 0.3) is 0 Å². The molecule has 18 heavy (non-hydrogen) atoms. The Morgan fingerprint density at radius 1 is 1.44 bits per heavy atom. The fourth-order valence-electron chi connectivity index (χ4n) is 2.31. The molecule has 2 unspecified atom stereocenters. The highest BCUT2D eigenvalue weighted by molar-refractivity contribution is 5.91. The summed E-state index contributed by atoms with van der Waals surface area (Å²) in [6, 6.07) is 0. The van der Waals surface area contributed by atoms with Crippen LogP contribution >= 0.6 is 0 Å². The predicted molar refractivity (Wildman–Crippen MR) is 65.4 cm³/mol. The first-order valence-corrected chi connectivity index (χ1v) is 6.25. The van der Waals surface area contributed by atoms with Crippen molar-refractivity contribution in [3.05, 3.63) is 18.1 Å². The molecule has 5 nitrogen and oxygen atoms in total. The molecule has 0 spiro atoms. The van der Waals surface area contributed by atoms with Gasteiger partial charge in [0.1, 0.15) is 18.0 Å². The van der Waals surface area contributed by atoms with E-state index >= 15 is 0 Å². The highest BCUT2D eigenvalue weighted by atomic mass is 16.5. The number of ether oxygens (including phenoxy) is 2. The molecule has 0 amide bonds. The van der Waals surface area contributed by atoms with E-state index in [4.69, 9.17) is 4.74 Å². The zero-order valence-corrected chi connectivity index (χ0v) is 10.8. The number of methoxy groups -OCH3 is 1. The minimum Gasteiger partial charge on any atom is -0.474 e. The highest BCUT2D eigenvalue weighted by Gasteiger charge is 2.23. The Balaban J connectivity index is 2.10. The number of carbonyl (C=O) groups is 1. The maximum atomic E-state index is 11.6. The van der Waals surface area contributed by atoms with Gasteiger partial charge in [-0.25, -0.2) is 14.8 Å². The lowest BCUT2D eigenvalue weighted by Crippen LogP contribution is -2.25. The van der Waals surface area contributed by atoms with E-state index in [2.05, 4.69) is 21.6 Å². The smallest absolute Gasteiger partial charge is 0.344 e. The number of carbonyl (C=O) groups excluding carboxylic acids is 1. The molecule has 0 radical (unpaired) electrons. The van der Waals surface area contributed by atoms with Gasteiger partial charge in [0.2, 0.25) is 5.88 Å². The van der Waals surface area contributed by atoms with E-state index in [1.807, 2.05) is 0 Å². The summed E-state index contributed by atoms with van der Waals surface area (Å²) in [5.74, 6) is 0.526. The van der Waals surface area contributed by atoms with Gasteiger partial charge >= 0.3 is 5.97 Å². The molecule has 2 atom stereocenters. The van der Waals surface area contributed by atoms with Crippen LogP contribution in [0.15, 0.2) is 12.5 Å². The van der Waals surface area contributed by atoms with Crippen LogP contribution in [0.2, 0.25) is 0 Å². The van der Waals surface area contributed by atoms with Gasteiger partial charge < -0.3 is 9.47 Å². The van der Waals surface area contributed by atoms with Crippen molar-refractivity contribution in [2.75, 3.05) is 7.11 Å². The van der Waals surface area contributed by atoms with E-state index in [1.165, 1.54) is 26.1 Å². The van der Waals surface area contributed by atoms with Gasteiger partial charge in [-0.05, 0) is 25.2 Å². The van der Waals surface area contributed by atoms with Crippen molar-refractivity contribution in [2.24, 2.45) is 5.92 Å². The lowest BCUT2D eigenvalue weighted by Gasteiger charge is -2.27. The van der Waals surface area contributed by atoms with E-state index in [9.17, 15) is 4.79 Å². The normalized spacial score (nSPS) is 23.4. The second-order valence-electron chi connectivity index (χ2n) is 4.74. The van der Waals surface area contributed by atoms with E-state index in [0.717, 1.165) is 19.3 Å². The van der Waals surface area contributed by atoms with Crippen molar-refractivity contribution in [3.63, 3.8) is 0 Å². The molecule has 0 saturated heterocycles. The van der Waals surface area contributed by atoms with E-state index in [0.29, 0.717) is 17.4 Å². The third-order valence-electron chi connectivity index (χ3n) is 3.25. The maximum absolute atomic E-state index is 11.6. The minimum atomic E-state index is -0.463. The Kier molecular flexibility index (Phi) is 4.12. The fraction of sp³-hybridized carbons (Fsp3) is 0.615. The zero-order valence-electron chi connectivity index (χ0n) is 10.8. The Bertz CT molecular complexity index is 422. The average molecular weight is 250 g/mol. The summed E-state index contributed by atoms with van der Waals surface area (Å²) in [5, 5.41) is 0. The van der Waals surface area contributed by atoms with Gasteiger partial charge in [-0.3, -0.25) is 0 Å². The predicted octanol–water partition coefficient (Wildman–Crippen LogP) is 2.22. The minimum absolute atomic E-state index is 0.132. The molecule has 0 bridgehead atoms. The highest BCUT2D eigenvalue weighted by Crippen LogP contribution is 2.27. The van der Waals surface area contributed by atoms with Gasteiger partial charge in [0, 0.05) is 6.20 Å². The molecule has 0 aromatic carbocycles. The van der Waals surface area contributed by atoms with Crippen molar-refractivity contribution in [2.45, 2.75) is 38.7 Å². The maximum Gasteiger partial charge on any atom is 0.344 e. The Labute approximate surface area is 107 Å². The number of rotatable bonds is 3. The standard InChI is InChI=1S/C13H18N2O3/c1-9-4-3-5-10(6-9)18-12-11(13(16)17-2)7-14-8-15-12/h7-10H,3-6H2,1-2H3. The van der Waals surface area contributed by atoms with Crippen LogP contribution in [0.5, 0.6) is 5.88 Å². The Morgan fingerprint density at radius 3 is 3.00 bits per heavy atom. The summed E-state index contributed by atoms with van der Waals surface area (Å²) in [5.41, 5.74) is 0.290. The van der Waals surface area contributed by atoms with Gasteiger partial charge in [0.05, 0.1) is 7.11 Å². The van der Waals surface area contributed by atoms with Crippen LogP contribution in [0.4, 0.5) is 0 Å². The van der Waals surface area contributed by atoms with Gasteiger partial charge in [-0.15, -0.1) is 0 Å². The molecule has 1 heterocycles. The second kappa shape index (κ2) is 5.80. The summed E-state index contributed by atoms with van der Waals surface area (Å²) in [6.07, 6.45) is 7.36. The number of esters is 1. The van der Waals surface area contributed by atoms with Crippen LogP contribution in [-0.4, -0.2) is 29.2 Å². The lowest BCUT2D eigenvalue weighted by molar-refractivity contribution is 0.0584. The van der Waals surface area contributed by atoms with Gasteiger partial charge in [0.15, 0.2) is 0 Å². The molecule has 0 aliphatic heterocycles. The number of aromatic nitrogens is 2. The van der Waals surface area contributed by atoms with Gasteiger partial charge in [-0.1, -0.05) is 13.3 Å². The Morgan fingerprint density at radius 2 is 2.28 bits per heavy atom. The van der Waals surface area contributed by atoms with Crippen molar-refractivity contribution in [3.8, 4) is 5.88 Å². The first-order chi connectivity index (χ1) is 8.70. The van der Waals surface area contributed by atoms with Crippen LogP contribution in [0.3, 0.4) is 0 Å². The first kappa shape index (κ1) is 12.8. The summed E-state index contributed by atoms with van der Waals surface area (Å²) < 4.78 is 10.5. The van der Waals surface area contributed by atoms with E-state index < -0.39 is 5.97 Å². The molecule has 1 aromatic heterocycles. The molecule has 2 rings (SSSR count). The van der Waals surface area contributed by atoms with Crippen molar-refractivity contribution in [1.82, 2.24) is 9.97 Å². The molecular weight excluding hydrogens is 232 g/mol. The van der Waals surface area contributed by atoms with Crippen molar-refractivity contribution in [1.29, 1.82) is 0 Å². The molecule has 1 fully saturated rings. The largest absolute Gasteiger partial charge is 0.474 e. The van der Waals surface area contributed by atoms with Crippen LogP contribution in [-0.2, 0) is 4.74 Å². The van der Waals surface area contributed by atoms with Crippen LogP contribution in [0.25, 0.3) is 0 Å². The van der Waals surface area contributed by atoms with Gasteiger partial charge in [-0.2, -0.15) is 0 Å². The molecule has 98 valence electrons. The molecule has 1 saturated carbocycles. The summed E-state index contributed by atoms with van der Waals surface area (Å²) in [6.45, 7) is 2.22. The van der Waals surface area contributed by atoms with E-state index in [1.54, 1.807) is 0 Å². The second-order valence-corrected chi connectivity index (χ2v) is 4.74. The SMILES string of the molecule is COC(=O)c1cncnc1OC1CCCC(C)C1. The zero-order chi connectivity index (χ0) is 13.0. The van der Waals surface area contributed by atoms with Crippen LogP contribution < -0.4 is 4.74 Å². The first-order valence-electron chi connectivity index (χ1n) is 6.25. The Hall–Kier alpha value is -1.65.